The largest absolute Gasteiger partial charge is 0.479 e. The Labute approximate surface area is 56.2 Å². The van der Waals surface area contributed by atoms with Gasteiger partial charge in [-0.05, 0) is 5.16 Å². The third-order valence-corrected chi connectivity index (χ3v) is 0.758. The van der Waals surface area contributed by atoms with Crippen molar-refractivity contribution in [2.75, 3.05) is 6.61 Å². The lowest BCUT2D eigenvalue weighted by molar-refractivity contribution is -0.139. The highest BCUT2D eigenvalue weighted by molar-refractivity contribution is 5.68. The molecule has 1 aromatic heterocycles. The Morgan fingerprint density at radius 1 is 1.90 bits per heavy atom. The maximum atomic E-state index is 9.91. The van der Waals surface area contributed by atoms with Crippen molar-refractivity contribution in [3.05, 3.63) is 12.3 Å². The number of hydrogen-bond donors (Lipinski definition) is 1. The molecule has 0 unspecified atom stereocenters. The number of carboxylic acids is 1. The first-order chi connectivity index (χ1) is 4.79. The van der Waals surface area contributed by atoms with Gasteiger partial charge in [0.05, 0.1) is 0 Å². The van der Waals surface area contributed by atoms with Crippen LogP contribution < -0.4 is 4.74 Å². The first kappa shape index (κ1) is 6.60. The maximum Gasteiger partial charge on any atom is 0.341 e. The number of aliphatic carboxylic acids is 1. The van der Waals surface area contributed by atoms with Crippen LogP contribution in [0.1, 0.15) is 0 Å². The number of aromatic nitrogens is 1. The molecule has 0 saturated heterocycles. The number of carbonyl (C=O) groups is 1. The molecule has 0 radical (unpaired) electrons. The van der Waals surface area contributed by atoms with Crippen LogP contribution in [0.3, 0.4) is 0 Å². The number of hydrogen-bond acceptors (Lipinski definition) is 4. The van der Waals surface area contributed by atoms with Crippen LogP contribution in [0.15, 0.2) is 16.9 Å². The van der Waals surface area contributed by atoms with E-state index in [1.54, 1.807) is 0 Å². The molecule has 0 amide bonds. The van der Waals surface area contributed by atoms with E-state index in [4.69, 9.17) is 5.11 Å². The Kier molecular flexibility index (Phi) is 1.89. The Morgan fingerprint density at radius 3 is 3.20 bits per heavy atom. The summed E-state index contributed by atoms with van der Waals surface area (Å²) in [5.74, 6) is -0.856. The highest BCUT2D eigenvalue weighted by atomic mass is 16.5. The van der Waals surface area contributed by atoms with Crippen LogP contribution in [0, 0.1) is 0 Å². The fourth-order valence-electron chi connectivity index (χ4n) is 0.412. The van der Waals surface area contributed by atoms with Crippen molar-refractivity contribution < 1.29 is 19.2 Å². The average Bonchev–Trinajstić information content (AvgIpc) is 2.34. The molecule has 5 heteroatoms. The van der Waals surface area contributed by atoms with E-state index in [1.807, 2.05) is 0 Å². The molecule has 1 heterocycles. The number of rotatable bonds is 3. The Hall–Kier alpha value is -1.52. The molecular weight excluding hydrogens is 138 g/mol. The monoisotopic (exact) mass is 143 g/mol. The van der Waals surface area contributed by atoms with Crippen molar-refractivity contribution in [3.8, 4) is 5.88 Å². The van der Waals surface area contributed by atoms with Gasteiger partial charge in [-0.15, -0.1) is 0 Å². The van der Waals surface area contributed by atoms with Gasteiger partial charge < -0.3 is 14.4 Å². The fraction of sp³-hybridized carbons (Fsp3) is 0.200. The van der Waals surface area contributed by atoms with Crippen LogP contribution in [-0.2, 0) is 4.79 Å². The minimum atomic E-state index is -1.04. The quantitative estimate of drug-likeness (QED) is 0.651. The van der Waals surface area contributed by atoms with Gasteiger partial charge in [-0.2, -0.15) is 0 Å². The second kappa shape index (κ2) is 2.86. The summed E-state index contributed by atoms with van der Waals surface area (Å²) in [4.78, 5) is 9.91. The number of ether oxygens (including phenoxy) is 1. The van der Waals surface area contributed by atoms with E-state index < -0.39 is 12.6 Å². The fourth-order valence-corrected chi connectivity index (χ4v) is 0.412. The van der Waals surface area contributed by atoms with Crippen molar-refractivity contribution >= 4 is 5.97 Å². The van der Waals surface area contributed by atoms with Gasteiger partial charge in [-0.1, -0.05) is 0 Å². The number of carboxylic acid groups (broad SMARTS) is 1. The molecule has 0 aromatic carbocycles. The Bertz CT molecular complexity index is 205. The average molecular weight is 143 g/mol. The standard InChI is InChI=1S/C5H5NO4/c7-5(8)3-9-4-1-2-10-6-4/h1-2H,3H2,(H,7,8). The summed E-state index contributed by atoms with van der Waals surface area (Å²) in [6.07, 6.45) is 1.30. The van der Waals surface area contributed by atoms with Crippen molar-refractivity contribution in [1.82, 2.24) is 5.16 Å². The summed E-state index contributed by atoms with van der Waals surface area (Å²) in [5.41, 5.74) is 0. The zero-order valence-corrected chi connectivity index (χ0v) is 4.98. The zero-order chi connectivity index (χ0) is 7.40. The topological polar surface area (TPSA) is 72.6 Å². The minimum Gasteiger partial charge on any atom is -0.479 e. The van der Waals surface area contributed by atoms with E-state index in [9.17, 15) is 4.79 Å². The molecule has 1 aromatic rings. The molecule has 0 aliphatic carbocycles. The second-order valence-corrected chi connectivity index (χ2v) is 1.52. The van der Waals surface area contributed by atoms with E-state index in [1.165, 1.54) is 12.3 Å². The van der Waals surface area contributed by atoms with E-state index in [0.29, 0.717) is 0 Å². The third kappa shape index (κ3) is 1.77. The van der Waals surface area contributed by atoms with Crippen molar-refractivity contribution in [1.29, 1.82) is 0 Å². The lowest BCUT2D eigenvalue weighted by Gasteiger charge is -1.93. The van der Waals surface area contributed by atoms with Crippen LogP contribution in [0.5, 0.6) is 5.88 Å². The van der Waals surface area contributed by atoms with Gasteiger partial charge in [0.2, 0.25) is 0 Å². The molecule has 5 nitrogen and oxygen atoms in total. The van der Waals surface area contributed by atoms with Crippen LogP contribution in [0.25, 0.3) is 0 Å². The van der Waals surface area contributed by atoms with Crippen LogP contribution in [0.2, 0.25) is 0 Å². The molecule has 0 spiro atoms. The van der Waals surface area contributed by atoms with E-state index in [2.05, 4.69) is 14.4 Å². The summed E-state index contributed by atoms with van der Waals surface area (Å²) in [7, 11) is 0. The van der Waals surface area contributed by atoms with E-state index >= 15 is 0 Å². The smallest absolute Gasteiger partial charge is 0.341 e. The molecular formula is C5H5NO4. The van der Waals surface area contributed by atoms with Crippen molar-refractivity contribution in [3.63, 3.8) is 0 Å². The predicted molar refractivity (Wildman–Crippen MR) is 29.6 cm³/mol. The van der Waals surface area contributed by atoms with Crippen LogP contribution >= 0.6 is 0 Å². The van der Waals surface area contributed by atoms with Gasteiger partial charge >= 0.3 is 5.97 Å². The zero-order valence-electron chi connectivity index (χ0n) is 4.98. The second-order valence-electron chi connectivity index (χ2n) is 1.52. The molecule has 0 aliphatic rings. The predicted octanol–water partition coefficient (Wildman–Crippen LogP) is 0.138. The summed E-state index contributed by atoms with van der Waals surface area (Å²) in [6, 6.07) is 1.43. The first-order valence-corrected chi connectivity index (χ1v) is 2.54. The normalized spacial score (nSPS) is 9.20. The molecule has 54 valence electrons. The van der Waals surface area contributed by atoms with Crippen molar-refractivity contribution in [2.45, 2.75) is 0 Å². The number of nitrogens with zero attached hydrogens (tertiary/aromatic N) is 1. The summed E-state index contributed by atoms with van der Waals surface area (Å²) < 4.78 is 8.98. The molecule has 0 fully saturated rings. The summed E-state index contributed by atoms with van der Waals surface area (Å²) in [5, 5.41) is 11.5. The van der Waals surface area contributed by atoms with E-state index in [-0.39, 0.29) is 5.88 Å². The molecule has 1 N–H and O–H groups in total. The van der Waals surface area contributed by atoms with Gasteiger partial charge in [-0.25, -0.2) is 4.79 Å². The molecule has 0 atom stereocenters. The third-order valence-electron chi connectivity index (χ3n) is 0.758. The minimum absolute atomic E-state index is 0.183. The first-order valence-electron chi connectivity index (χ1n) is 2.54. The highest BCUT2D eigenvalue weighted by Gasteiger charge is 1.99. The van der Waals surface area contributed by atoms with Gasteiger partial charge in [0.15, 0.2) is 6.61 Å². The van der Waals surface area contributed by atoms with Crippen molar-refractivity contribution in [2.24, 2.45) is 0 Å². The molecule has 0 saturated carbocycles. The van der Waals surface area contributed by atoms with Crippen LogP contribution in [-0.4, -0.2) is 22.8 Å². The van der Waals surface area contributed by atoms with Gasteiger partial charge in [-0.3, -0.25) is 0 Å². The molecule has 1 rings (SSSR count). The Balaban J connectivity index is 2.35. The lowest BCUT2D eigenvalue weighted by atomic mass is 10.7. The van der Waals surface area contributed by atoms with E-state index in [0.717, 1.165) is 0 Å². The molecule has 0 bridgehead atoms. The molecule has 0 aliphatic heterocycles. The molecule has 10 heavy (non-hydrogen) atoms. The highest BCUT2D eigenvalue weighted by Crippen LogP contribution is 2.03. The Morgan fingerprint density at radius 2 is 2.70 bits per heavy atom. The van der Waals surface area contributed by atoms with Crippen LogP contribution in [0.4, 0.5) is 0 Å². The van der Waals surface area contributed by atoms with Gasteiger partial charge in [0.1, 0.15) is 6.26 Å². The van der Waals surface area contributed by atoms with Gasteiger partial charge in [0.25, 0.3) is 5.88 Å². The SMILES string of the molecule is O=C(O)COc1ccon1. The lowest BCUT2D eigenvalue weighted by Crippen LogP contribution is -2.09. The van der Waals surface area contributed by atoms with Gasteiger partial charge in [0, 0.05) is 6.07 Å². The summed E-state index contributed by atoms with van der Waals surface area (Å²) >= 11 is 0. The maximum absolute atomic E-state index is 9.91. The summed E-state index contributed by atoms with van der Waals surface area (Å²) in [6.45, 7) is -0.396.